The van der Waals surface area contributed by atoms with Gasteiger partial charge in [0.1, 0.15) is 11.2 Å². The van der Waals surface area contributed by atoms with Gasteiger partial charge in [-0.05, 0) is 57.2 Å². The average Bonchev–Trinajstić information content (AvgIpc) is 3.15. The van der Waals surface area contributed by atoms with Crippen molar-refractivity contribution < 1.29 is 19.1 Å². The summed E-state index contributed by atoms with van der Waals surface area (Å²) in [6.45, 7) is 12.4. The lowest BCUT2D eigenvalue weighted by atomic mass is 9.92. The van der Waals surface area contributed by atoms with E-state index in [-0.39, 0.29) is 36.4 Å². The van der Waals surface area contributed by atoms with Crippen molar-refractivity contribution in [2.75, 3.05) is 18.1 Å². The Morgan fingerprint density at radius 1 is 1.28 bits per heavy atom. The second-order valence-corrected chi connectivity index (χ2v) is 8.86. The summed E-state index contributed by atoms with van der Waals surface area (Å²) in [6, 6.07) is 7.13. The molecular weight excluding hydrogens is 408 g/mol. The smallest absolute Gasteiger partial charge is 0.358 e. The molecule has 0 fully saturated rings. The third-order valence-electron chi connectivity index (χ3n) is 5.95. The third-order valence-corrected chi connectivity index (χ3v) is 5.95. The molecule has 1 atom stereocenters. The molecule has 172 valence electrons. The van der Waals surface area contributed by atoms with Crippen LogP contribution < -0.4 is 10.2 Å². The summed E-state index contributed by atoms with van der Waals surface area (Å²) in [5.74, 6) is -0.791. The van der Waals surface area contributed by atoms with Gasteiger partial charge in [0.15, 0.2) is 5.69 Å². The first-order valence-corrected chi connectivity index (χ1v) is 11.0. The second-order valence-electron chi connectivity index (χ2n) is 8.86. The first kappa shape index (κ1) is 23.5. The molecule has 0 spiro atoms. The number of nitrogens with one attached hydrogen (secondary N) is 1. The van der Waals surface area contributed by atoms with Crippen molar-refractivity contribution in [3.8, 4) is 0 Å². The summed E-state index contributed by atoms with van der Waals surface area (Å²) in [4.78, 5) is 40.9. The molecule has 2 aromatic rings. The number of hydrogen-bond donors (Lipinski definition) is 1. The maximum atomic E-state index is 13.7. The van der Waals surface area contributed by atoms with Crippen LogP contribution in [0, 0.1) is 19.8 Å². The van der Waals surface area contributed by atoms with Crippen LogP contribution in [0.4, 0.5) is 5.69 Å². The van der Waals surface area contributed by atoms with Gasteiger partial charge in [-0.3, -0.25) is 19.2 Å². The quantitative estimate of drug-likeness (QED) is 0.667. The largest absolute Gasteiger partial charge is 0.461 e. The van der Waals surface area contributed by atoms with Crippen molar-refractivity contribution in [1.29, 1.82) is 0 Å². The molecule has 1 aliphatic rings. The molecule has 8 heteroatoms. The number of hydrogen-bond acceptors (Lipinski definition) is 5. The predicted octanol–water partition coefficient (Wildman–Crippen LogP) is 3.26. The first-order valence-electron chi connectivity index (χ1n) is 11.0. The standard InChI is InChI=1S/C24H32N4O4/c1-7-32-22(30)18-13-20-21(29)28(19-10-8-9-16(4)17(19)5)24(6,14-27(20)26-18)23(31)25-12-11-15(2)3/h8-10,13,15H,7,11-12,14H2,1-6H3,(H,25,31). The number of aryl methyl sites for hydroxylation is 1. The van der Waals surface area contributed by atoms with Gasteiger partial charge in [-0.15, -0.1) is 0 Å². The van der Waals surface area contributed by atoms with Gasteiger partial charge in [0.05, 0.1) is 13.2 Å². The number of amides is 2. The Labute approximate surface area is 188 Å². The number of carbonyl (C=O) groups is 3. The van der Waals surface area contributed by atoms with Gasteiger partial charge in [-0.1, -0.05) is 26.0 Å². The Morgan fingerprint density at radius 3 is 2.66 bits per heavy atom. The Balaban J connectivity index is 2.08. The van der Waals surface area contributed by atoms with Crippen molar-refractivity contribution in [2.45, 2.75) is 60.0 Å². The van der Waals surface area contributed by atoms with Gasteiger partial charge in [0.25, 0.3) is 5.91 Å². The molecule has 1 unspecified atom stereocenters. The zero-order valence-electron chi connectivity index (χ0n) is 19.7. The number of anilines is 1. The number of aromatic nitrogens is 2. The number of carbonyl (C=O) groups excluding carboxylic acids is 3. The lowest BCUT2D eigenvalue weighted by Crippen LogP contribution is -2.64. The van der Waals surface area contributed by atoms with Crippen LogP contribution in [0.15, 0.2) is 24.3 Å². The Hall–Kier alpha value is -3.16. The van der Waals surface area contributed by atoms with E-state index < -0.39 is 11.5 Å². The topological polar surface area (TPSA) is 93.5 Å². The highest BCUT2D eigenvalue weighted by molar-refractivity contribution is 6.12. The fraction of sp³-hybridized carbons (Fsp3) is 0.500. The summed E-state index contributed by atoms with van der Waals surface area (Å²) < 4.78 is 6.49. The van der Waals surface area contributed by atoms with Gasteiger partial charge in [-0.25, -0.2) is 4.79 Å². The molecule has 1 aliphatic heterocycles. The minimum atomic E-state index is -1.22. The van der Waals surface area contributed by atoms with Crippen LogP contribution >= 0.6 is 0 Å². The van der Waals surface area contributed by atoms with Crippen molar-refractivity contribution in [2.24, 2.45) is 5.92 Å². The maximum absolute atomic E-state index is 13.7. The molecule has 1 N–H and O–H groups in total. The predicted molar refractivity (Wildman–Crippen MR) is 122 cm³/mol. The SMILES string of the molecule is CCOC(=O)c1cc2n(n1)CC(C)(C(=O)NCCC(C)C)N(c1cccc(C)c1C)C2=O. The van der Waals surface area contributed by atoms with Gasteiger partial charge in [0, 0.05) is 18.3 Å². The van der Waals surface area contributed by atoms with Crippen LogP contribution in [0.1, 0.15) is 66.2 Å². The molecule has 2 amide bonds. The van der Waals surface area contributed by atoms with E-state index in [0.29, 0.717) is 18.2 Å². The van der Waals surface area contributed by atoms with Crippen molar-refractivity contribution >= 4 is 23.5 Å². The highest BCUT2D eigenvalue weighted by atomic mass is 16.5. The summed E-state index contributed by atoms with van der Waals surface area (Å²) in [7, 11) is 0. The van der Waals surface area contributed by atoms with Crippen LogP contribution in [-0.4, -0.2) is 46.3 Å². The molecule has 2 heterocycles. The summed E-state index contributed by atoms with van der Waals surface area (Å²) in [5, 5.41) is 7.28. The minimum absolute atomic E-state index is 0.0561. The number of esters is 1. The third kappa shape index (κ3) is 4.26. The van der Waals surface area contributed by atoms with Crippen molar-refractivity contribution in [1.82, 2.24) is 15.1 Å². The normalized spacial score (nSPS) is 18.0. The monoisotopic (exact) mass is 440 g/mol. The highest BCUT2D eigenvalue weighted by Gasteiger charge is 2.49. The molecule has 32 heavy (non-hydrogen) atoms. The molecule has 0 radical (unpaired) electrons. The Morgan fingerprint density at radius 2 is 2.00 bits per heavy atom. The molecule has 1 aromatic carbocycles. The number of benzene rings is 1. The van der Waals surface area contributed by atoms with Crippen LogP contribution in [0.5, 0.6) is 0 Å². The van der Waals surface area contributed by atoms with E-state index in [9.17, 15) is 14.4 Å². The molecule has 0 saturated carbocycles. The van der Waals surface area contributed by atoms with E-state index >= 15 is 0 Å². The van der Waals surface area contributed by atoms with E-state index in [1.54, 1.807) is 18.7 Å². The minimum Gasteiger partial charge on any atom is -0.461 e. The van der Waals surface area contributed by atoms with Crippen molar-refractivity contribution in [3.05, 3.63) is 46.8 Å². The molecule has 0 bridgehead atoms. The molecular formula is C24H32N4O4. The van der Waals surface area contributed by atoms with E-state index in [2.05, 4.69) is 24.3 Å². The summed E-state index contributed by atoms with van der Waals surface area (Å²) in [6.07, 6.45) is 0.833. The lowest BCUT2D eigenvalue weighted by molar-refractivity contribution is -0.126. The highest BCUT2D eigenvalue weighted by Crippen LogP contribution is 2.35. The van der Waals surface area contributed by atoms with Crippen molar-refractivity contribution in [3.63, 3.8) is 0 Å². The van der Waals surface area contributed by atoms with Crippen LogP contribution in [0.3, 0.4) is 0 Å². The van der Waals surface area contributed by atoms with E-state index in [4.69, 9.17) is 4.74 Å². The molecule has 3 rings (SSSR count). The van der Waals surface area contributed by atoms with Gasteiger partial charge < -0.3 is 10.1 Å². The van der Waals surface area contributed by atoms with E-state index in [1.165, 1.54) is 10.7 Å². The molecule has 0 saturated heterocycles. The number of ether oxygens (including phenoxy) is 1. The number of rotatable bonds is 7. The average molecular weight is 441 g/mol. The lowest BCUT2D eigenvalue weighted by Gasteiger charge is -2.43. The Kier molecular flexibility index (Phi) is 6.71. The van der Waals surface area contributed by atoms with E-state index in [0.717, 1.165) is 17.5 Å². The molecule has 0 aliphatic carbocycles. The molecule has 1 aromatic heterocycles. The fourth-order valence-electron chi connectivity index (χ4n) is 3.91. The molecule has 8 nitrogen and oxygen atoms in total. The fourth-order valence-corrected chi connectivity index (χ4v) is 3.91. The van der Waals surface area contributed by atoms with Crippen LogP contribution in [0.25, 0.3) is 0 Å². The summed E-state index contributed by atoms with van der Waals surface area (Å²) >= 11 is 0. The summed E-state index contributed by atoms with van der Waals surface area (Å²) in [5.41, 5.74) is 1.69. The maximum Gasteiger partial charge on any atom is 0.358 e. The van der Waals surface area contributed by atoms with Crippen LogP contribution in [0.2, 0.25) is 0 Å². The second kappa shape index (κ2) is 9.14. The van der Waals surface area contributed by atoms with Crippen LogP contribution in [-0.2, 0) is 16.1 Å². The van der Waals surface area contributed by atoms with E-state index in [1.807, 2.05) is 32.0 Å². The zero-order chi connectivity index (χ0) is 23.6. The number of fused-ring (bicyclic) bond motifs is 1. The zero-order valence-corrected chi connectivity index (χ0v) is 19.7. The van der Waals surface area contributed by atoms with Gasteiger partial charge in [0.2, 0.25) is 5.91 Å². The van der Waals surface area contributed by atoms with Gasteiger partial charge >= 0.3 is 5.97 Å². The first-order chi connectivity index (χ1) is 15.1. The Bertz CT molecular complexity index is 1040. The number of nitrogens with zero attached hydrogens (tertiary/aromatic N) is 3. The van der Waals surface area contributed by atoms with Gasteiger partial charge in [-0.2, -0.15) is 5.10 Å².